The van der Waals surface area contributed by atoms with Crippen molar-refractivity contribution in [2.75, 3.05) is 0 Å². The highest BCUT2D eigenvalue weighted by Gasteiger charge is 1.85. The monoisotopic (exact) mass is 467 g/mol. The van der Waals surface area contributed by atoms with E-state index in [9.17, 15) is 0 Å². The van der Waals surface area contributed by atoms with Crippen LogP contribution in [0.2, 0.25) is 0 Å². The lowest BCUT2D eigenvalue weighted by Gasteiger charge is -2.15. The van der Waals surface area contributed by atoms with Crippen molar-refractivity contribution in [2.45, 2.75) is 0 Å². The summed E-state index contributed by atoms with van der Waals surface area (Å²) in [6.07, 6.45) is 0. The normalized spacial score (nSPS) is 11.4. The maximum Gasteiger partial charge on any atom is -0.164 e. The lowest BCUT2D eigenvalue weighted by molar-refractivity contribution is 0.184. The molecule has 33 N–H and O–H groups in total. The van der Waals surface area contributed by atoms with E-state index < -0.39 is 0 Å². The van der Waals surface area contributed by atoms with E-state index in [4.69, 9.17) is 11.7 Å². The Bertz CT molecular complexity index is 254. The molecule has 0 heterocycles. The van der Waals surface area contributed by atoms with Gasteiger partial charge in [-0.3, -0.25) is 11.7 Å². The van der Waals surface area contributed by atoms with E-state index in [0.717, 1.165) is 0 Å². The second kappa shape index (κ2) is 28.8. The third kappa shape index (κ3) is 28.8. The highest BCUT2D eigenvalue weighted by molar-refractivity contribution is 4.19. The zero-order valence-electron chi connectivity index (χ0n) is 15.7. The zero-order valence-corrected chi connectivity index (χ0v) is 15.7. The van der Waals surface area contributed by atoms with E-state index >= 15 is 0 Å². The predicted molar refractivity (Wildman–Crippen MR) is 99.3 cm³/mol. The van der Waals surface area contributed by atoms with E-state index in [2.05, 4.69) is 161 Å². The van der Waals surface area contributed by atoms with Crippen LogP contribution in [0.25, 0.3) is 0 Å². The standard InChI is InChI=1S/H33N31/c1-3-5-7-9-11-13-15-17-19-21-23-25-27-29-31-30-28-26-24-22-20-18-16-14-12-10-8-6-4-2/h3-31H,1-2H2. The van der Waals surface area contributed by atoms with E-state index in [1.807, 2.05) is 0 Å². The number of hydrazine groups is 30. The Balaban J connectivity index is 2.98. The molecule has 0 saturated carbocycles. The predicted octanol–water partition coefficient (Wildman–Crippen LogP) is -15.5. The summed E-state index contributed by atoms with van der Waals surface area (Å²) in [4.78, 5) is 0. The third-order valence-corrected chi connectivity index (χ3v) is 1.77. The van der Waals surface area contributed by atoms with Gasteiger partial charge in [0.1, 0.15) is 0 Å². The number of hydrogen-bond acceptors (Lipinski definition) is 31. The van der Waals surface area contributed by atoms with E-state index in [1.54, 1.807) is 0 Å². The lowest BCUT2D eigenvalue weighted by atomic mass is 12.0. The maximum atomic E-state index is 4.92. The highest BCUT2D eigenvalue weighted by atomic mass is 16.0. The lowest BCUT2D eigenvalue weighted by Crippen LogP contribution is -2.70. The van der Waals surface area contributed by atoms with E-state index in [-0.39, 0.29) is 0 Å². The molecule has 0 aromatic carbocycles. The van der Waals surface area contributed by atoms with Crippen LogP contribution in [-0.2, 0) is 0 Å². The van der Waals surface area contributed by atoms with Gasteiger partial charge in [-0.1, -0.05) is 0 Å². The Morgan fingerprint density at radius 2 is 0.258 bits per heavy atom. The molecular weight excluding hydrogens is 434 g/mol. The van der Waals surface area contributed by atoms with Gasteiger partial charge >= 0.3 is 0 Å². The summed E-state index contributed by atoms with van der Waals surface area (Å²) < 4.78 is 0. The molecule has 0 aliphatic rings. The maximum absolute atomic E-state index is 4.92. The summed E-state index contributed by atoms with van der Waals surface area (Å²) in [5.41, 5.74) is 70.7. The van der Waals surface area contributed by atoms with Crippen LogP contribution in [0.4, 0.5) is 0 Å². The Kier molecular flexibility index (Phi) is 27.6. The second-order valence-electron chi connectivity index (χ2n) is 3.66. The Morgan fingerprint density at radius 3 is 0.355 bits per heavy atom. The van der Waals surface area contributed by atoms with Gasteiger partial charge in [0.15, 0.2) is 0 Å². The molecule has 0 aromatic heterocycles. The van der Waals surface area contributed by atoms with Crippen molar-refractivity contribution in [1.29, 1.82) is 0 Å². The molecule has 0 fully saturated rings. The molecule has 31 heteroatoms. The van der Waals surface area contributed by atoms with Crippen LogP contribution >= 0.6 is 0 Å². The molecule has 0 saturated heterocycles. The fourth-order valence-corrected chi connectivity index (χ4v) is 0.853. The van der Waals surface area contributed by atoms with E-state index in [0.29, 0.717) is 0 Å². The van der Waals surface area contributed by atoms with Crippen LogP contribution in [-0.4, -0.2) is 0 Å². The number of hydrogen-bond donors (Lipinski definition) is 31. The van der Waals surface area contributed by atoms with Crippen molar-refractivity contribution in [3.63, 3.8) is 0 Å². The van der Waals surface area contributed by atoms with Crippen molar-refractivity contribution >= 4 is 0 Å². The molecule has 0 amide bonds. The smallest absolute Gasteiger partial charge is 0.164 e. The van der Waals surface area contributed by atoms with Gasteiger partial charge in [-0.2, -0.15) is 161 Å². The molecule has 0 aliphatic heterocycles. The van der Waals surface area contributed by atoms with Crippen LogP contribution in [0.3, 0.4) is 0 Å². The fraction of sp³-hybridized carbons (Fsp3) is 0. The summed E-state index contributed by atoms with van der Waals surface area (Å²) in [5.74, 6) is 9.84. The first kappa shape index (κ1) is 29.8. The van der Waals surface area contributed by atoms with Gasteiger partial charge in [0.2, 0.25) is 0 Å². The van der Waals surface area contributed by atoms with Crippen molar-refractivity contribution in [1.82, 2.24) is 161 Å². The minimum absolute atomic E-state index is 2.12. The van der Waals surface area contributed by atoms with E-state index in [1.165, 1.54) is 0 Å². The topological polar surface area (TPSA) is 401 Å². The average Bonchev–Trinajstić information content (AvgIpc) is 2.78. The molecule has 0 aliphatic carbocycles. The summed E-state index contributed by atoms with van der Waals surface area (Å²) in [6.45, 7) is 0. The SMILES string of the molecule is NNNNNNNNNNNNNNNNNNNNNNNNNNNNNNN. The van der Waals surface area contributed by atoms with Gasteiger partial charge in [0, 0.05) is 0 Å². The molecule has 31 heavy (non-hydrogen) atoms. The van der Waals surface area contributed by atoms with Crippen molar-refractivity contribution in [3.8, 4) is 0 Å². The van der Waals surface area contributed by atoms with Gasteiger partial charge in [0.25, 0.3) is 0 Å². The number of nitrogens with two attached hydrogens (primary N) is 2. The molecule has 0 radical (unpaired) electrons. The quantitative estimate of drug-likeness (QED) is 0.0288. The zero-order chi connectivity index (χ0) is 22.5. The Labute approximate surface area is 173 Å². The highest BCUT2D eigenvalue weighted by Crippen LogP contribution is 1.30. The molecule has 31 nitrogen and oxygen atoms in total. The van der Waals surface area contributed by atoms with Crippen LogP contribution in [0.1, 0.15) is 0 Å². The number of nitrogens with one attached hydrogen (secondary N) is 29. The first-order valence-corrected chi connectivity index (χ1v) is 7.58. The largest absolute Gasteiger partial charge is 0.257 e. The average molecular weight is 467 g/mol. The van der Waals surface area contributed by atoms with Gasteiger partial charge < -0.3 is 0 Å². The molecule has 0 rings (SSSR count). The minimum Gasteiger partial charge on any atom is -0.257 e. The van der Waals surface area contributed by atoms with Crippen LogP contribution < -0.4 is 172 Å². The first-order chi connectivity index (χ1) is 15.4. The Hall–Kier alpha value is -1.24. The first-order valence-electron chi connectivity index (χ1n) is 7.58. The van der Waals surface area contributed by atoms with Crippen molar-refractivity contribution in [3.05, 3.63) is 0 Å². The fourth-order valence-electron chi connectivity index (χ4n) is 0.853. The Morgan fingerprint density at radius 1 is 0.161 bits per heavy atom. The second-order valence-corrected chi connectivity index (χ2v) is 3.66. The molecule has 188 valence electrons. The summed E-state index contributed by atoms with van der Waals surface area (Å²) >= 11 is 0. The summed E-state index contributed by atoms with van der Waals surface area (Å²) in [6, 6.07) is 0. The van der Waals surface area contributed by atoms with Gasteiger partial charge in [-0.25, -0.2) is 0 Å². The van der Waals surface area contributed by atoms with Crippen molar-refractivity contribution < 1.29 is 0 Å². The molecule has 0 bridgehead atoms. The summed E-state index contributed by atoms with van der Waals surface area (Å²) in [7, 11) is 0. The van der Waals surface area contributed by atoms with Crippen molar-refractivity contribution in [2.24, 2.45) is 11.7 Å². The molecule has 0 spiro atoms. The van der Waals surface area contributed by atoms with Crippen LogP contribution in [0, 0.1) is 0 Å². The third-order valence-electron chi connectivity index (χ3n) is 1.77. The van der Waals surface area contributed by atoms with Crippen LogP contribution in [0.5, 0.6) is 0 Å². The molecule has 0 unspecified atom stereocenters. The summed E-state index contributed by atoms with van der Waals surface area (Å²) in [5, 5.41) is 0. The molecule has 0 aromatic rings. The minimum atomic E-state index is 2.12. The van der Waals surface area contributed by atoms with Crippen LogP contribution in [0.15, 0.2) is 0 Å². The molecule has 0 atom stereocenters. The van der Waals surface area contributed by atoms with Gasteiger partial charge in [0.05, 0.1) is 0 Å². The van der Waals surface area contributed by atoms with Gasteiger partial charge in [-0.05, 0) is 0 Å². The molecular formula is H33N31. The van der Waals surface area contributed by atoms with Gasteiger partial charge in [-0.15, -0.1) is 0 Å². The number of rotatable bonds is 28.